The Bertz CT molecular complexity index is 1140. The number of hydrogen-bond donors (Lipinski definition) is 2. The Morgan fingerprint density at radius 1 is 0.871 bits per heavy atom. The van der Waals surface area contributed by atoms with Gasteiger partial charge in [-0.15, -0.1) is 0 Å². The zero-order chi connectivity index (χ0) is 22.4. The highest BCUT2D eigenvalue weighted by molar-refractivity contribution is 7.92. The normalized spacial score (nSPS) is 10.8. The summed E-state index contributed by atoms with van der Waals surface area (Å²) in [5, 5.41) is 2.71. The van der Waals surface area contributed by atoms with Crippen LogP contribution in [0.5, 0.6) is 17.6 Å². The molecule has 3 rings (SSSR count). The molecule has 0 aliphatic heterocycles. The molecule has 0 unspecified atom stereocenters. The van der Waals surface area contributed by atoms with Gasteiger partial charge in [-0.25, -0.2) is 8.42 Å². The van der Waals surface area contributed by atoms with E-state index in [0.717, 1.165) is 0 Å². The van der Waals surface area contributed by atoms with Crippen molar-refractivity contribution in [2.75, 3.05) is 31.4 Å². The fraction of sp³-hybridized carbons (Fsp3) is 0.150. The van der Waals surface area contributed by atoms with Gasteiger partial charge in [-0.2, -0.15) is 9.97 Å². The zero-order valence-electron chi connectivity index (χ0n) is 16.9. The van der Waals surface area contributed by atoms with Gasteiger partial charge in [0, 0.05) is 17.3 Å². The van der Waals surface area contributed by atoms with Crippen molar-refractivity contribution in [3.8, 4) is 17.6 Å². The van der Waals surface area contributed by atoms with E-state index < -0.39 is 10.0 Å². The number of nitrogens with zero attached hydrogens (tertiary/aromatic N) is 2. The first kappa shape index (κ1) is 21.8. The molecule has 11 heteroatoms. The fourth-order valence-corrected chi connectivity index (χ4v) is 3.50. The Labute approximate surface area is 179 Å². The van der Waals surface area contributed by atoms with E-state index in [0.29, 0.717) is 17.0 Å². The number of rotatable bonds is 8. The third kappa shape index (κ3) is 5.39. The molecule has 0 bridgehead atoms. The smallest absolute Gasteiger partial charge is 0.321 e. The molecule has 162 valence electrons. The van der Waals surface area contributed by atoms with Crippen LogP contribution in [-0.2, 0) is 10.0 Å². The summed E-state index contributed by atoms with van der Waals surface area (Å²) in [6.07, 6.45) is 0. The lowest BCUT2D eigenvalue weighted by Crippen LogP contribution is -2.15. The maximum absolute atomic E-state index is 12.7. The van der Waals surface area contributed by atoms with Crippen LogP contribution < -0.4 is 24.2 Å². The largest absolute Gasteiger partial charge is 0.497 e. The predicted octanol–water partition coefficient (Wildman–Crippen LogP) is 2.56. The Kier molecular flexibility index (Phi) is 6.55. The molecule has 0 spiro atoms. The van der Waals surface area contributed by atoms with E-state index >= 15 is 0 Å². The van der Waals surface area contributed by atoms with Gasteiger partial charge in [0.1, 0.15) is 5.75 Å². The first-order valence-electron chi connectivity index (χ1n) is 8.90. The fourth-order valence-electron chi connectivity index (χ4n) is 2.51. The first-order chi connectivity index (χ1) is 14.8. The molecular formula is C20H20N4O6S. The molecule has 1 heterocycles. The minimum atomic E-state index is -3.95. The molecule has 0 atom stereocenters. The van der Waals surface area contributed by atoms with E-state index in [-0.39, 0.29) is 28.5 Å². The third-order valence-electron chi connectivity index (χ3n) is 4.09. The van der Waals surface area contributed by atoms with Gasteiger partial charge in [-0.3, -0.25) is 9.52 Å². The van der Waals surface area contributed by atoms with Gasteiger partial charge in [0.05, 0.1) is 26.2 Å². The number of benzene rings is 2. The molecule has 2 N–H and O–H groups in total. The van der Waals surface area contributed by atoms with Crippen LogP contribution >= 0.6 is 0 Å². The minimum absolute atomic E-state index is 0.0133. The molecule has 0 saturated heterocycles. The third-order valence-corrected chi connectivity index (χ3v) is 5.46. The zero-order valence-corrected chi connectivity index (χ0v) is 17.8. The number of carbonyl (C=O) groups is 1. The second-order valence-corrected chi connectivity index (χ2v) is 7.78. The summed E-state index contributed by atoms with van der Waals surface area (Å²) in [6, 6.07) is 13.6. The van der Waals surface area contributed by atoms with Crippen molar-refractivity contribution in [1.29, 1.82) is 0 Å². The highest BCUT2D eigenvalue weighted by Gasteiger charge is 2.17. The van der Waals surface area contributed by atoms with Crippen LogP contribution in [0.15, 0.2) is 59.5 Å². The van der Waals surface area contributed by atoms with Gasteiger partial charge in [0.2, 0.25) is 5.88 Å². The maximum Gasteiger partial charge on any atom is 0.321 e. The molecule has 1 aromatic heterocycles. The van der Waals surface area contributed by atoms with E-state index in [2.05, 4.69) is 20.0 Å². The van der Waals surface area contributed by atoms with Crippen molar-refractivity contribution < 1.29 is 27.4 Å². The lowest BCUT2D eigenvalue weighted by Gasteiger charge is -2.10. The van der Waals surface area contributed by atoms with E-state index in [1.165, 1.54) is 51.7 Å². The van der Waals surface area contributed by atoms with Crippen LogP contribution in [0.1, 0.15) is 10.4 Å². The Balaban J connectivity index is 1.73. The number of sulfonamides is 1. The van der Waals surface area contributed by atoms with Crippen molar-refractivity contribution in [1.82, 2.24) is 9.97 Å². The lowest BCUT2D eigenvalue weighted by atomic mass is 10.2. The quantitative estimate of drug-likeness (QED) is 0.542. The molecule has 0 aliphatic carbocycles. The van der Waals surface area contributed by atoms with Gasteiger partial charge in [-0.05, 0) is 48.5 Å². The predicted molar refractivity (Wildman–Crippen MR) is 113 cm³/mol. The van der Waals surface area contributed by atoms with E-state index in [1.807, 2.05) is 0 Å². The Morgan fingerprint density at radius 3 is 2.13 bits per heavy atom. The summed E-state index contributed by atoms with van der Waals surface area (Å²) in [5.41, 5.74) is 0.871. The summed E-state index contributed by atoms with van der Waals surface area (Å²) in [7, 11) is 0.334. The molecule has 0 radical (unpaired) electrons. The van der Waals surface area contributed by atoms with Crippen LogP contribution in [-0.4, -0.2) is 45.6 Å². The van der Waals surface area contributed by atoms with Gasteiger partial charge < -0.3 is 19.5 Å². The molecule has 0 aliphatic rings. The highest BCUT2D eigenvalue weighted by atomic mass is 32.2. The van der Waals surface area contributed by atoms with Gasteiger partial charge >= 0.3 is 6.01 Å². The monoisotopic (exact) mass is 444 g/mol. The SMILES string of the molecule is COc1ccc(C(=O)Nc2ccc(S(=O)(=O)Nc3cc(OC)nc(OC)n3)cc2)cc1. The van der Waals surface area contributed by atoms with E-state index in [4.69, 9.17) is 14.2 Å². The van der Waals surface area contributed by atoms with Crippen molar-refractivity contribution in [3.05, 3.63) is 60.2 Å². The molecule has 31 heavy (non-hydrogen) atoms. The summed E-state index contributed by atoms with van der Waals surface area (Å²) in [4.78, 5) is 20.2. The number of carbonyl (C=O) groups excluding carboxylic acids is 1. The number of hydrogen-bond acceptors (Lipinski definition) is 8. The van der Waals surface area contributed by atoms with Crippen LogP contribution in [0, 0.1) is 0 Å². The number of ether oxygens (including phenoxy) is 3. The number of methoxy groups -OCH3 is 3. The number of amides is 1. The maximum atomic E-state index is 12.7. The molecule has 0 saturated carbocycles. The summed E-state index contributed by atoms with van der Waals surface area (Å²) in [5.74, 6) is 0.427. The molecule has 0 fully saturated rings. The van der Waals surface area contributed by atoms with Gasteiger partial charge in [0.25, 0.3) is 15.9 Å². The lowest BCUT2D eigenvalue weighted by molar-refractivity contribution is 0.102. The standard InChI is InChI=1S/C20H20N4O6S/c1-28-15-8-4-13(5-9-15)19(25)21-14-6-10-16(11-7-14)31(26,27)24-17-12-18(29-2)23-20(22-17)30-3/h4-12H,1-3H3,(H,21,25)(H,22,23,24). The van der Waals surface area contributed by atoms with Gasteiger partial charge in [-0.1, -0.05) is 0 Å². The summed E-state index contributed by atoms with van der Waals surface area (Å²) < 4.78 is 42.7. The van der Waals surface area contributed by atoms with Crippen LogP contribution in [0.2, 0.25) is 0 Å². The van der Waals surface area contributed by atoms with Gasteiger partial charge in [0.15, 0.2) is 5.82 Å². The van der Waals surface area contributed by atoms with Crippen LogP contribution in [0.25, 0.3) is 0 Å². The second kappa shape index (κ2) is 9.30. The Morgan fingerprint density at radius 2 is 1.55 bits per heavy atom. The van der Waals surface area contributed by atoms with Crippen molar-refractivity contribution >= 4 is 27.4 Å². The molecular weight excluding hydrogens is 424 g/mol. The van der Waals surface area contributed by atoms with Crippen molar-refractivity contribution in [2.45, 2.75) is 4.90 Å². The molecule has 3 aromatic rings. The molecule has 2 aromatic carbocycles. The minimum Gasteiger partial charge on any atom is -0.497 e. The van der Waals surface area contributed by atoms with Crippen LogP contribution in [0.4, 0.5) is 11.5 Å². The number of aromatic nitrogens is 2. The topological polar surface area (TPSA) is 129 Å². The molecule has 10 nitrogen and oxygen atoms in total. The Hall–Kier alpha value is -3.86. The van der Waals surface area contributed by atoms with E-state index in [1.54, 1.807) is 24.3 Å². The van der Waals surface area contributed by atoms with E-state index in [9.17, 15) is 13.2 Å². The average molecular weight is 444 g/mol. The number of anilines is 2. The second-order valence-electron chi connectivity index (χ2n) is 6.09. The first-order valence-corrected chi connectivity index (χ1v) is 10.4. The molecule has 1 amide bonds. The summed E-state index contributed by atoms with van der Waals surface area (Å²) >= 11 is 0. The van der Waals surface area contributed by atoms with Crippen LogP contribution in [0.3, 0.4) is 0 Å². The van der Waals surface area contributed by atoms with Crippen molar-refractivity contribution in [2.24, 2.45) is 0 Å². The van der Waals surface area contributed by atoms with Crippen molar-refractivity contribution in [3.63, 3.8) is 0 Å². The number of nitrogens with one attached hydrogen (secondary N) is 2. The highest BCUT2D eigenvalue weighted by Crippen LogP contribution is 2.22. The summed E-state index contributed by atoms with van der Waals surface area (Å²) in [6.45, 7) is 0. The average Bonchev–Trinajstić information content (AvgIpc) is 2.78.